The summed E-state index contributed by atoms with van der Waals surface area (Å²) in [6.45, 7) is 9.98. The SMILES string of the molecule is CCc1ccccc1C1CC2(C(=O)OC(C)(C)C)CCC1(NC(=O)c1c(C)c(-c3ccccc3)nc3ccc(Br)cc13)CC2. The molecule has 228 valence electrons. The molecule has 3 aromatic carbocycles. The van der Waals surface area contributed by atoms with Gasteiger partial charge in [0.25, 0.3) is 5.91 Å². The molecule has 4 aromatic rings. The molecular formula is C38H41BrN2O3. The summed E-state index contributed by atoms with van der Waals surface area (Å²) in [6, 6.07) is 24.5. The van der Waals surface area contributed by atoms with E-state index in [2.05, 4.69) is 52.4 Å². The van der Waals surface area contributed by atoms with Crippen molar-refractivity contribution in [3.8, 4) is 11.3 Å². The van der Waals surface area contributed by atoms with Crippen molar-refractivity contribution in [1.29, 1.82) is 0 Å². The van der Waals surface area contributed by atoms with E-state index in [9.17, 15) is 9.59 Å². The lowest BCUT2D eigenvalue weighted by molar-refractivity contribution is -0.176. The van der Waals surface area contributed by atoms with Crippen molar-refractivity contribution < 1.29 is 14.3 Å². The first-order valence-corrected chi connectivity index (χ1v) is 16.5. The topological polar surface area (TPSA) is 68.3 Å². The number of hydrogen-bond donors (Lipinski definition) is 1. The van der Waals surface area contributed by atoms with Crippen LogP contribution >= 0.6 is 15.9 Å². The first-order chi connectivity index (χ1) is 21.0. The van der Waals surface area contributed by atoms with E-state index < -0.39 is 16.6 Å². The number of nitrogens with one attached hydrogen (secondary N) is 1. The lowest BCUT2D eigenvalue weighted by Crippen LogP contribution is -2.63. The van der Waals surface area contributed by atoms with Crippen molar-refractivity contribution >= 4 is 38.7 Å². The number of hydrogen-bond acceptors (Lipinski definition) is 4. The molecule has 6 heteroatoms. The number of aryl methyl sites for hydroxylation is 1. The maximum absolute atomic E-state index is 14.7. The predicted octanol–water partition coefficient (Wildman–Crippen LogP) is 9.09. The van der Waals surface area contributed by atoms with Gasteiger partial charge in [0.05, 0.1) is 22.2 Å². The Hall–Kier alpha value is -3.51. The number of esters is 1. The van der Waals surface area contributed by atoms with Gasteiger partial charge in [0.1, 0.15) is 5.60 Å². The summed E-state index contributed by atoms with van der Waals surface area (Å²) in [5, 5.41) is 4.46. The summed E-state index contributed by atoms with van der Waals surface area (Å²) in [5.74, 6) is -0.195. The molecule has 3 saturated carbocycles. The van der Waals surface area contributed by atoms with Crippen molar-refractivity contribution in [1.82, 2.24) is 10.3 Å². The zero-order valence-electron chi connectivity index (χ0n) is 26.3. The molecule has 3 fully saturated rings. The number of benzene rings is 3. The van der Waals surface area contributed by atoms with Gasteiger partial charge in [-0.25, -0.2) is 4.98 Å². The normalized spacial score (nSPS) is 23.0. The van der Waals surface area contributed by atoms with Crippen molar-refractivity contribution in [2.24, 2.45) is 5.41 Å². The zero-order valence-corrected chi connectivity index (χ0v) is 27.9. The van der Waals surface area contributed by atoms with Crippen LogP contribution in [0, 0.1) is 12.3 Å². The Kier molecular flexibility index (Phi) is 7.94. The van der Waals surface area contributed by atoms with Crippen molar-refractivity contribution in [3.63, 3.8) is 0 Å². The van der Waals surface area contributed by atoms with Gasteiger partial charge in [0, 0.05) is 26.9 Å². The van der Waals surface area contributed by atoms with Crippen LogP contribution in [0.25, 0.3) is 22.2 Å². The number of carbonyl (C=O) groups is 2. The molecule has 1 heterocycles. The van der Waals surface area contributed by atoms with E-state index in [4.69, 9.17) is 9.72 Å². The molecule has 0 saturated heterocycles. The highest BCUT2D eigenvalue weighted by atomic mass is 79.9. The monoisotopic (exact) mass is 652 g/mol. The predicted molar refractivity (Wildman–Crippen MR) is 180 cm³/mol. The van der Waals surface area contributed by atoms with E-state index in [1.165, 1.54) is 11.1 Å². The van der Waals surface area contributed by atoms with Gasteiger partial charge in [-0.15, -0.1) is 0 Å². The Morgan fingerprint density at radius 1 is 0.977 bits per heavy atom. The van der Waals surface area contributed by atoms with E-state index in [0.717, 1.165) is 51.5 Å². The average molecular weight is 654 g/mol. The van der Waals surface area contributed by atoms with Crippen LogP contribution in [0.5, 0.6) is 0 Å². The number of nitrogens with zero attached hydrogens (tertiary/aromatic N) is 1. The Morgan fingerprint density at radius 2 is 1.66 bits per heavy atom. The van der Waals surface area contributed by atoms with Gasteiger partial charge >= 0.3 is 5.97 Å². The number of aromatic nitrogens is 1. The van der Waals surface area contributed by atoms with E-state index >= 15 is 0 Å². The van der Waals surface area contributed by atoms with Gasteiger partial charge < -0.3 is 10.1 Å². The van der Waals surface area contributed by atoms with Crippen LogP contribution < -0.4 is 5.32 Å². The second-order valence-electron chi connectivity index (χ2n) is 13.7. The standard InChI is InChI=1S/C38H41BrN2O3/c1-6-25-12-10-11-15-28(25)30-23-37(35(43)44-36(3,4)5)18-20-38(30,21-19-37)41-34(42)32-24(2)33(26-13-8-7-9-14-26)40-31-17-16-27(39)22-29(31)32/h7-17,22,30H,6,18-21,23H2,1-5H3,(H,41,42). The van der Waals surface area contributed by atoms with Crippen molar-refractivity contribution in [2.45, 2.75) is 90.2 Å². The third kappa shape index (κ3) is 5.47. The van der Waals surface area contributed by atoms with E-state index in [1.54, 1.807) is 0 Å². The average Bonchev–Trinajstić information content (AvgIpc) is 3.00. The van der Waals surface area contributed by atoms with E-state index in [0.29, 0.717) is 24.8 Å². The second kappa shape index (κ2) is 11.4. The highest BCUT2D eigenvalue weighted by Crippen LogP contribution is 2.60. The van der Waals surface area contributed by atoms with Gasteiger partial charge in [-0.1, -0.05) is 77.5 Å². The summed E-state index contributed by atoms with van der Waals surface area (Å²) < 4.78 is 6.91. The molecule has 1 amide bonds. The largest absolute Gasteiger partial charge is 0.460 e. The Bertz CT molecular complexity index is 1730. The maximum atomic E-state index is 14.7. The van der Waals surface area contributed by atoms with Crippen molar-refractivity contribution in [2.75, 3.05) is 0 Å². The van der Waals surface area contributed by atoms with Gasteiger partial charge in [-0.3, -0.25) is 9.59 Å². The highest BCUT2D eigenvalue weighted by molar-refractivity contribution is 9.10. The van der Waals surface area contributed by atoms with Crippen LogP contribution in [-0.4, -0.2) is 28.0 Å². The number of ether oxygens (including phenoxy) is 1. The molecule has 3 aliphatic carbocycles. The Labute approximate surface area is 268 Å². The number of amides is 1. The van der Waals surface area contributed by atoms with Gasteiger partial charge in [-0.05, 0) is 101 Å². The van der Waals surface area contributed by atoms with Crippen LogP contribution in [0.4, 0.5) is 0 Å². The number of fused-ring (bicyclic) bond motifs is 4. The molecule has 1 unspecified atom stereocenters. The first-order valence-electron chi connectivity index (χ1n) is 15.7. The summed E-state index contributed by atoms with van der Waals surface area (Å²) in [7, 11) is 0. The van der Waals surface area contributed by atoms with Crippen LogP contribution in [0.1, 0.15) is 92.8 Å². The minimum absolute atomic E-state index is 0.00800. The van der Waals surface area contributed by atoms with Crippen LogP contribution in [-0.2, 0) is 16.0 Å². The molecule has 2 bridgehead atoms. The number of carbonyl (C=O) groups excluding carboxylic acids is 2. The Morgan fingerprint density at radius 3 is 2.34 bits per heavy atom. The van der Waals surface area contributed by atoms with E-state index in [-0.39, 0.29) is 17.8 Å². The van der Waals surface area contributed by atoms with Crippen molar-refractivity contribution in [3.05, 3.63) is 99.5 Å². The highest BCUT2D eigenvalue weighted by Gasteiger charge is 2.59. The number of pyridine rings is 1. The molecule has 1 atom stereocenters. The molecule has 5 nitrogen and oxygen atoms in total. The minimum atomic E-state index is -0.548. The summed E-state index contributed by atoms with van der Waals surface area (Å²) in [5.41, 5.74) is 5.00. The van der Waals surface area contributed by atoms with Gasteiger partial charge in [0.2, 0.25) is 0 Å². The van der Waals surface area contributed by atoms with Crippen LogP contribution in [0.15, 0.2) is 77.3 Å². The fraction of sp³-hybridized carbons (Fsp3) is 0.395. The van der Waals surface area contributed by atoms with Crippen LogP contribution in [0.2, 0.25) is 0 Å². The molecular weight excluding hydrogens is 612 g/mol. The lowest BCUT2D eigenvalue weighted by Gasteiger charge is -2.57. The Balaban J connectivity index is 1.45. The molecule has 3 aliphatic rings. The van der Waals surface area contributed by atoms with Gasteiger partial charge in [0.15, 0.2) is 0 Å². The van der Waals surface area contributed by atoms with E-state index in [1.807, 2.05) is 76.2 Å². The summed E-state index contributed by atoms with van der Waals surface area (Å²) in [4.78, 5) is 33.5. The number of halogens is 1. The quantitative estimate of drug-likeness (QED) is 0.211. The third-order valence-corrected chi connectivity index (χ3v) is 10.3. The molecule has 0 radical (unpaired) electrons. The molecule has 1 aromatic heterocycles. The fourth-order valence-corrected chi connectivity index (χ4v) is 7.95. The maximum Gasteiger partial charge on any atom is 0.312 e. The fourth-order valence-electron chi connectivity index (χ4n) is 7.59. The zero-order chi connectivity index (χ0) is 31.3. The molecule has 0 spiro atoms. The molecule has 7 rings (SSSR count). The minimum Gasteiger partial charge on any atom is -0.460 e. The third-order valence-electron chi connectivity index (χ3n) is 9.83. The molecule has 44 heavy (non-hydrogen) atoms. The summed E-state index contributed by atoms with van der Waals surface area (Å²) in [6.07, 6.45) is 4.39. The smallest absolute Gasteiger partial charge is 0.312 e. The first kappa shape index (κ1) is 30.5. The van der Waals surface area contributed by atoms with Crippen LogP contribution in [0.3, 0.4) is 0 Å². The molecule has 1 N–H and O–H groups in total. The second-order valence-corrected chi connectivity index (χ2v) is 14.6. The number of rotatable bonds is 6. The summed E-state index contributed by atoms with van der Waals surface area (Å²) >= 11 is 3.63. The molecule has 0 aliphatic heterocycles. The van der Waals surface area contributed by atoms with Gasteiger partial charge in [-0.2, -0.15) is 0 Å². The lowest BCUT2D eigenvalue weighted by atomic mass is 9.51.